The lowest BCUT2D eigenvalue weighted by molar-refractivity contribution is 0.244. The van der Waals surface area contributed by atoms with Crippen LogP contribution in [0.2, 0.25) is 5.02 Å². The monoisotopic (exact) mass is 269 g/mol. The first-order valence-corrected chi connectivity index (χ1v) is 7.08. The number of nitrogen functional groups attached to an aromatic ring is 1. The molecule has 100 valence electrons. The van der Waals surface area contributed by atoms with Crippen LogP contribution in [0.5, 0.6) is 0 Å². The van der Waals surface area contributed by atoms with E-state index in [1.807, 2.05) is 0 Å². The topological polar surface area (TPSA) is 26.0 Å². The molecule has 0 heterocycles. The van der Waals surface area contributed by atoms with E-state index in [9.17, 15) is 4.39 Å². The molecule has 1 nitrogen and oxygen atoms in total. The zero-order chi connectivity index (χ0) is 13.5. The van der Waals surface area contributed by atoms with Crippen molar-refractivity contribution in [2.75, 3.05) is 5.73 Å². The molecule has 0 aromatic heterocycles. The molecule has 2 rings (SSSR count). The number of rotatable bonds is 2. The first kappa shape index (κ1) is 13.7. The van der Waals surface area contributed by atoms with E-state index in [1.165, 1.54) is 0 Å². The molecule has 1 aromatic rings. The van der Waals surface area contributed by atoms with Crippen molar-refractivity contribution in [3.05, 3.63) is 28.0 Å². The average Bonchev–Trinajstić information content (AvgIpc) is 2.34. The zero-order valence-corrected chi connectivity index (χ0v) is 12.1. The number of fused-ring (bicyclic) bond motifs is 1. The van der Waals surface area contributed by atoms with Crippen molar-refractivity contribution in [1.29, 1.82) is 0 Å². The molecule has 0 fully saturated rings. The van der Waals surface area contributed by atoms with Gasteiger partial charge in [0, 0.05) is 16.0 Å². The first-order valence-electron chi connectivity index (χ1n) is 6.71. The third kappa shape index (κ3) is 1.82. The van der Waals surface area contributed by atoms with Crippen molar-refractivity contribution >= 4 is 17.3 Å². The van der Waals surface area contributed by atoms with Crippen LogP contribution in [0.4, 0.5) is 10.1 Å². The minimum Gasteiger partial charge on any atom is -0.396 e. The molecule has 0 amide bonds. The molecular weight excluding hydrogens is 249 g/mol. The standard InChI is InChI=1S/C15H21ClFN/c1-4-15(9(2)3)7-5-6-10-11(16)8-12(18)14(17)13(10)15/h8-9H,4-7,18H2,1-3H3. The Bertz CT molecular complexity index is 470. The largest absolute Gasteiger partial charge is 0.396 e. The third-order valence-corrected chi connectivity index (χ3v) is 4.97. The van der Waals surface area contributed by atoms with Crippen molar-refractivity contribution in [3.63, 3.8) is 0 Å². The molecule has 0 saturated heterocycles. The smallest absolute Gasteiger partial charge is 0.150 e. The summed E-state index contributed by atoms with van der Waals surface area (Å²) in [6, 6.07) is 1.56. The Morgan fingerprint density at radius 3 is 2.72 bits per heavy atom. The van der Waals surface area contributed by atoms with Crippen LogP contribution in [0.15, 0.2) is 6.07 Å². The van der Waals surface area contributed by atoms with Gasteiger partial charge in [0.25, 0.3) is 0 Å². The number of hydrogen-bond donors (Lipinski definition) is 1. The predicted octanol–water partition coefficient (Wildman–Crippen LogP) is 4.70. The van der Waals surface area contributed by atoms with E-state index in [2.05, 4.69) is 20.8 Å². The fourth-order valence-electron chi connectivity index (χ4n) is 3.49. The lowest BCUT2D eigenvalue weighted by Gasteiger charge is -2.42. The first-order chi connectivity index (χ1) is 8.44. The second-order valence-corrected chi connectivity index (χ2v) is 6.04. The highest BCUT2D eigenvalue weighted by atomic mass is 35.5. The molecule has 18 heavy (non-hydrogen) atoms. The van der Waals surface area contributed by atoms with Gasteiger partial charge in [-0.1, -0.05) is 32.4 Å². The Hall–Kier alpha value is -0.760. The number of anilines is 1. The normalized spacial score (nSPS) is 23.2. The minimum absolute atomic E-state index is 0.114. The van der Waals surface area contributed by atoms with E-state index in [0.717, 1.165) is 36.8 Å². The minimum atomic E-state index is -0.246. The van der Waals surface area contributed by atoms with Crippen LogP contribution in [-0.2, 0) is 11.8 Å². The zero-order valence-electron chi connectivity index (χ0n) is 11.3. The molecule has 0 aliphatic heterocycles. The van der Waals surface area contributed by atoms with E-state index >= 15 is 0 Å². The van der Waals surface area contributed by atoms with Crippen LogP contribution in [-0.4, -0.2) is 0 Å². The van der Waals surface area contributed by atoms with Crippen molar-refractivity contribution in [2.45, 2.75) is 51.9 Å². The van der Waals surface area contributed by atoms with Gasteiger partial charge in [0.2, 0.25) is 0 Å². The van der Waals surface area contributed by atoms with Gasteiger partial charge in [-0.25, -0.2) is 4.39 Å². The van der Waals surface area contributed by atoms with Crippen LogP contribution in [0.25, 0.3) is 0 Å². The summed E-state index contributed by atoms with van der Waals surface area (Å²) in [6.45, 7) is 6.45. The summed E-state index contributed by atoms with van der Waals surface area (Å²) in [5, 5.41) is 0.627. The summed E-state index contributed by atoms with van der Waals surface area (Å²) in [5.74, 6) is 0.138. The maximum absolute atomic E-state index is 14.5. The van der Waals surface area contributed by atoms with E-state index in [4.69, 9.17) is 17.3 Å². The molecular formula is C15H21ClFN. The second-order valence-electron chi connectivity index (χ2n) is 5.63. The molecule has 1 unspecified atom stereocenters. The molecule has 3 heteroatoms. The molecule has 0 spiro atoms. The maximum atomic E-state index is 14.5. The average molecular weight is 270 g/mol. The second kappa shape index (κ2) is 4.73. The fraction of sp³-hybridized carbons (Fsp3) is 0.600. The van der Waals surface area contributed by atoms with Crippen LogP contribution >= 0.6 is 11.6 Å². The quantitative estimate of drug-likeness (QED) is 0.774. The van der Waals surface area contributed by atoms with Crippen LogP contribution in [0, 0.1) is 11.7 Å². The van der Waals surface area contributed by atoms with Crippen molar-refractivity contribution in [1.82, 2.24) is 0 Å². The van der Waals surface area contributed by atoms with Crippen molar-refractivity contribution < 1.29 is 4.39 Å². The lowest BCUT2D eigenvalue weighted by atomic mass is 9.62. The third-order valence-electron chi connectivity index (χ3n) is 4.63. The van der Waals surface area contributed by atoms with Gasteiger partial charge in [-0.2, -0.15) is 0 Å². The van der Waals surface area contributed by atoms with Crippen LogP contribution in [0.3, 0.4) is 0 Å². The van der Waals surface area contributed by atoms with Gasteiger partial charge in [-0.15, -0.1) is 0 Å². The van der Waals surface area contributed by atoms with E-state index in [0.29, 0.717) is 10.9 Å². The van der Waals surface area contributed by atoms with E-state index in [1.54, 1.807) is 6.07 Å². The van der Waals surface area contributed by atoms with Crippen molar-refractivity contribution in [3.8, 4) is 0 Å². The van der Waals surface area contributed by atoms with E-state index in [-0.39, 0.29) is 16.9 Å². The number of benzene rings is 1. The van der Waals surface area contributed by atoms with Gasteiger partial charge in [0.15, 0.2) is 0 Å². The molecule has 0 bridgehead atoms. The summed E-state index contributed by atoms with van der Waals surface area (Å²) in [6.07, 6.45) is 3.88. The summed E-state index contributed by atoms with van der Waals surface area (Å²) in [5.41, 5.74) is 7.59. The molecule has 1 atom stereocenters. The highest BCUT2D eigenvalue weighted by molar-refractivity contribution is 6.31. The summed E-state index contributed by atoms with van der Waals surface area (Å²) in [7, 11) is 0. The van der Waals surface area contributed by atoms with Gasteiger partial charge in [-0.3, -0.25) is 0 Å². The summed E-state index contributed by atoms with van der Waals surface area (Å²) < 4.78 is 14.5. The van der Waals surface area contributed by atoms with Gasteiger partial charge in [-0.05, 0) is 43.2 Å². The highest BCUT2D eigenvalue weighted by Crippen LogP contribution is 2.49. The predicted molar refractivity (Wildman–Crippen MR) is 75.6 cm³/mol. The molecule has 1 aromatic carbocycles. The van der Waals surface area contributed by atoms with Crippen molar-refractivity contribution in [2.24, 2.45) is 5.92 Å². The maximum Gasteiger partial charge on any atom is 0.150 e. The molecule has 0 radical (unpaired) electrons. The SMILES string of the molecule is CCC1(C(C)C)CCCc2c(Cl)cc(N)c(F)c21. The fourth-order valence-corrected chi connectivity index (χ4v) is 3.80. The molecule has 1 aliphatic carbocycles. The number of halogens is 2. The molecule has 2 N–H and O–H groups in total. The molecule has 1 aliphatic rings. The van der Waals surface area contributed by atoms with Gasteiger partial charge in [0.05, 0.1) is 5.69 Å². The Labute approximate surface area is 114 Å². The Kier molecular flexibility index (Phi) is 3.59. The number of hydrogen-bond acceptors (Lipinski definition) is 1. The summed E-state index contributed by atoms with van der Waals surface area (Å²) in [4.78, 5) is 0. The molecule has 0 saturated carbocycles. The Morgan fingerprint density at radius 1 is 1.50 bits per heavy atom. The van der Waals surface area contributed by atoms with Crippen LogP contribution < -0.4 is 5.73 Å². The van der Waals surface area contributed by atoms with Gasteiger partial charge >= 0.3 is 0 Å². The number of nitrogens with two attached hydrogens (primary N) is 1. The Balaban J connectivity index is 2.75. The summed E-state index contributed by atoms with van der Waals surface area (Å²) >= 11 is 6.26. The van der Waals surface area contributed by atoms with E-state index < -0.39 is 0 Å². The van der Waals surface area contributed by atoms with Gasteiger partial charge < -0.3 is 5.73 Å². The van der Waals surface area contributed by atoms with Gasteiger partial charge in [0.1, 0.15) is 5.82 Å². The highest BCUT2D eigenvalue weighted by Gasteiger charge is 2.41. The lowest BCUT2D eigenvalue weighted by Crippen LogP contribution is -2.37. The Morgan fingerprint density at radius 2 is 2.17 bits per heavy atom. The van der Waals surface area contributed by atoms with Crippen LogP contribution in [0.1, 0.15) is 51.2 Å².